The zero-order valence-electron chi connectivity index (χ0n) is 32.0. The zero-order chi connectivity index (χ0) is 37.9. The highest BCUT2D eigenvalue weighted by atomic mass is 15.0. The first kappa shape index (κ1) is 34.3. The van der Waals surface area contributed by atoms with E-state index in [4.69, 9.17) is 15.0 Å². The molecule has 2 unspecified atom stereocenters. The van der Waals surface area contributed by atoms with Crippen LogP contribution in [0.3, 0.4) is 0 Å². The van der Waals surface area contributed by atoms with E-state index < -0.39 is 5.41 Å². The standard InChI is InChI=1S/C52H44N4/c1-34-28-37-29-35(2)31-51(30-34,32-37)40-26-22-39(23-27-40)49-54-48(38-12-5-3-6-13-38)55-50(56-49)45-18-11-17-44-43-16-9-10-19-46(43)52(47(44)45,41-14-7-4-8-15-41)42-24-20-36(33-53)21-25-42/h3-27,34-35,37H,28-32H2,1-2H3/t34-,35+,37-,51?,52?. The average molecular weight is 725 g/mol. The van der Waals surface area contributed by atoms with Gasteiger partial charge in [0.1, 0.15) is 0 Å². The van der Waals surface area contributed by atoms with E-state index in [-0.39, 0.29) is 5.41 Å². The molecule has 4 nitrogen and oxygen atoms in total. The Morgan fingerprint density at radius 2 is 1.04 bits per heavy atom. The Morgan fingerprint density at radius 1 is 0.500 bits per heavy atom. The fraction of sp³-hybridized carbons (Fsp3) is 0.231. The van der Waals surface area contributed by atoms with E-state index in [1.165, 1.54) is 48.8 Å². The van der Waals surface area contributed by atoms with Crippen molar-refractivity contribution in [2.24, 2.45) is 17.8 Å². The summed E-state index contributed by atoms with van der Waals surface area (Å²) in [6.45, 7) is 4.91. The minimum atomic E-state index is -0.690. The molecule has 7 aromatic rings. The van der Waals surface area contributed by atoms with Gasteiger partial charge in [0.15, 0.2) is 17.5 Å². The Hall–Kier alpha value is -6.18. The summed E-state index contributed by atoms with van der Waals surface area (Å²) in [5.74, 6) is 4.29. The smallest absolute Gasteiger partial charge is 0.164 e. The van der Waals surface area contributed by atoms with E-state index in [0.29, 0.717) is 23.0 Å². The van der Waals surface area contributed by atoms with Crippen molar-refractivity contribution < 1.29 is 0 Å². The van der Waals surface area contributed by atoms with Crippen molar-refractivity contribution >= 4 is 0 Å². The van der Waals surface area contributed by atoms with Gasteiger partial charge in [-0.05, 0) is 106 Å². The van der Waals surface area contributed by atoms with E-state index in [1.54, 1.807) is 0 Å². The predicted molar refractivity (Wildman–Crippen MR) is 225 cm³/mol. The lowest BCUT2D eigenvalue weighted by atomic mass is 9.54. The van der Waals surface area contributed by atoms with Crippen LogP contribution in [0.2, 0.25) is 0 Å². The zero-order valence-corrected chi connectivity index (χ0v) is 32.0. The highest BCUT2D eigenvalue weighted by molar-refractivity contribution is 5.92. The molecule has 0 spiro atoms. The van der Waals surface area contributed by atoms with Crippen LogP contribution >= 0.6 is 0 Å². The Morgan fingerprint density at radius 3 is 1.71 bits per heavy atom. The van der Waals surface area contributed by atoms with Gasteiger partial charge in [0, 0.05) is 16.7 Å². The van der Waals surface area contributed by atoms with Gasteiger partial charge in [0.05, 0.1) is 17.0 Å². The van der Waals surface area contributed by atoms with Crippen LogP contribution < -0.4 is 0 Å². The molecule has 0 N–H and O–H groups in total. The SMILES string of the molecule is C[C@@H]1C[C@@H]2C[C@H](C)CC(c3ccc(-c4nc(-c5ccccc5)nc(-c5cccc6c5C(c5ccccc5)(c5ccc(C#N)cc5)c5ccccc5-6)n4)cc3)(C1)C2. The molecule has 2 bridgehead atoms. The number of nitrogens with zero attached hydrogens (tertiary/aromatic N) is 4. The number of hydrogen-bond acceptors (Lipinski definition) is 4. The van der Waals surface area contributed by atoms with E-state index in [1.807, 2.05) is 30.3 Å². The summed E-state index contributed by atoms with van der Waals surface area (Å²) >= 11 is 0. The Labute approximate surface area is 330 Å². The van der Waals surface area contributed by atoms with Crippen LogP contribution in [0, 0.1) is 29.1 Å². The van der Waals surface area contributed by atoms with Gasteiger partial charge in [0.2, 0.25) is 0 Å². The molecule has 3 aliphatic rings. The van der Waals surface area contributed by atoms with Gasteiger partial charge >= 0.3 is 0 Å². The maximum absolute atomic E-state index is 9.79. The van der Waals surface area contributed by atoms with Crippen molar-refractivity contribution in [2.45, 2.75) is 56.8 Å². The van der Waals surface area contributed by atoms with Gasteiger partial charge in [-0.2, -0.15) is 5.26 Å². The van der Waals surface area contributed by atoms with E-state index >= 15 is 0 Å². The van der Waals surface area contributed by atoms with Crippen LogP contribution in [-0.4, -0.2) is 15.0 Å². The molecule has 4 heteroatoms. The molecule has 0 amide bonds. The highest BCUT2D eigenvalue weighted by Crippen LogP contribution is 2.59. The second-order valence-corrected chi connectivity index (χ2v) is 16.8. The van der Waals surface area contributed by atoms with Crippen LogP contribution in [-0.2, 0) is 10.8 Å². The van der Waals surface area contributed by atoms with Gasteiger partial charge in [-0.25, -0.2) is 15.0 Å². The van der Waals surface area contributed by atoms with Crippen molar-refractivity contribution in [3.05, 3.63) is 185 Å². The molecule has 0 saturated heterocycles. The fourth-order valence-corrected chi connectivity index (χ4v) is 11.2. The Bertz CT molecular complexity index is 2590. The number of rotatable bonds is 6. The fourth-order valence-electron chi connectivity index (χ4n) is 11.2. The summed E-state index contributed by atoms with van der Waals surface area (Å²) in [6, 6.07) is 55.9. The second kappa shape index (κ2) is 13.5. The van der Waals surface area contributed by atoms with E-state index in [9.17, 15) is 5.26 Å². The molecule has 10 rings (SSSR count). The minimum Gasteiger partial charge on any atom is -0.208 e. The van der Waals surface area contributed by atoms with Crippen LogP contribution in [0.4, 0.5) is 0 Å². The molecule has 5 atom stereocenters. The topological polar surface area (TPSA) is 62.5 Å². The summed E-state index contributed by atoms with van der Waals surface area (Å²) < 4.78 is 0. The lowest BCUT2D eigenvalue weighted by Gasteiger charge is -2.50. The molecule has 0 radical (unpaired) electrons. The first-order chi connectivity index (χ1) is 27.4. The van der Waals surface area contributed by atoms with Crippen molar-refractivity contribution in [3.8, 4) is 51.4 Å². The number of fused-ring (bicyclic) bond motifs is 5. The number of hydrogen-bond donors (Lipinski definition) is 0. The number of aromatic nitrogens is 3. The van der Waals surface area contributed by atoms with Crippen LogP contribution in [0.1, 0.15) is 79.3 Å². The van der Waals surface area contributed by atoms with Crippen LogP contribution in [0.15, 0.2) is 152 Å². The minimum absolute atomic E-state index is 0.254. The molecule has 1 aromatic heterocycles. The van der Waals surface area contributed by atoms with E-state index in [0.717, 1.165) is 56.7 Å². The highest BCUT2D eigenvalue weighted by Gasteiger charge is 2.48. The molecule has 1 heterocycles. The van der Waals surface area contributed by atoms with Crippen molar-refractivity contribution in [3.63, 3.8) is 0 Å². The average Bonchev–Trinajstić information content (AvgIpc) is 3.55. The first-order valence-electron chi connectivity index (χ1n) is 20.2. The lowest BCUT2D eigenvalue weighted by molar-refractivity contribution is 0.0780. The quantitative estimate of drug-likeness (QED) is 0.171. The molecule has 6 aromatic carbocycles. The normalized spacial score (nSPS) is 23.5. The largest absolute Gasteiger partial charge is 0.208 e. The third-order valence-electron chi connectivity index (χ3n) is 13.0. The lowest BCUT2D eigenvalue weighted by Crippen LogP contribution is -2.42. The molecule has 2 fully saturated rings. The molecule has 56 heavy (non-hydrogen) atoms. The third-order valence-corrected chi connectivity index (χ3v) is 13.0. The van der Waals surface area contributed by atoms with E-state index in [2.05, 4.69) is 141 Å². The summed E-state index contributed by atoms with van der Waals surface area (Å²) in [5.41, 5.74) is 11.5. The summed E-state index contributed by atoms with van der Waals surface area (Å²) in [5, 5.41) is 9.79. The predicted octanol–water partition coefficient (Wildman–Crippen LogP) is 12.2. The second-order valence-electron chi connectivity index (χ2n) is 16.8. The number of benzene rings is 6. The van der Waals surface area contributed by atoms with Gasteiger partial charge in [0.25, 0.3) is 0 Å². The van der Waals surface area contributed by atoms with Gasteiger partial charge in [-0.15, -0.1) is 0 Å². The third kappa shape index (κ3) is 5.52. The van der Waals surface area contributed by atoms with Crippen molar-refractivity contribution in [1.82, 2.24) is 15.0 Å². The maximum Gasteiger partial charge on any atom is 0.164 e. The molecule has 0 aliphatic heterocycles. The molecule has 272 valence electrons. The Kier molecular flexibility index (Phi) is 8.29. The first-order valence-corrected chi connectivity index (χ1v) is 20.2. The van der Waals surface area contributed by atoms with Crippen LogP contribution in [0.25, 0.3) is 45.3 Å². The van der Waals surface area contributed by atoms with Crippen molar-refractivity contribution in [2.75, 3.05) is 0 Å². The number of nitriles is 1. The maximum atomic E-state index is 9.79. The molecular weight excluding hydrogens is 681 g/mol. The summed E-state index contributed by atoms with van der Waals surface area (Å²) in [7, 11) is 0. The molecule has 3 aliphatic carbocycles. The van der Waals surface area contributed by atoms with Crippen LogP contribution in [0.5, 0.6) is 0 Å². The Balaban J connectivity index is 1.19. The van der Waals surface area contributed by atoms with Crippen molar-refractivity contribution in [1.29, 1.82) is 5.26 Å². The van der Waals surface area contributed by atoms with Gasteiger partial charge in [-0.3, -0.25) is 0 Å². The molecule has 2 saturated carbocycles. The summed E-state index contributed by atoms with van der Waals surface area (Å²) in [4.78, 5) is 15.9. The van der Waals surface area contributed by atoms with Gasteiger partial charge < -0.3 is 0 Å². The summed E-state index contributed by atoms with van der Waals surface area (Å²) in [6.07, 6.45) is 6.57. The molecular formula is C52H44N4. The monoisotopic (exact) mass is 724 g/mol. The van der Waals surface area contributed by atoms with Gasteiger partial charge in [-0.1, -0.05) is 153 Å².